The normalized spacial score (nSPS) is 13.2. The molecule has 0 fully saturated rings. The van der Waals surface area contributed by atoms with Gasteiger partial charge in [0.15, 0.2) is 5.78 Å². The van der Waals surface area contributed by atoms with Crippen molar-refractivity contribution in [1.29, 1.82) is 0 Å². The van der Waals surface area contributed by atoms with Crippen molar-refractivity contribution >= 4 is 11.7 Å². The molecule has 0 radical (unpaired) electrons. The summed E-state index contributed by atoms with van der Waals surface area (Å²) in [5.74, 6) is 0.620. The molecular weight excluding hydrogens is 228 g/mol. The second kappa shape index (κ2) is 8.25. The van der Waals surface area contributed by atoms with Crippen molar-refractivity contribution in [2.75, 3.05) is 19.6 Å². The van der Waals surface area contributed by atoms with Crippen molar-refractivity contribution in [3.63, 3.8) is 0 Å². The summed E-state index contributed by atoms with van der Waals surface area (Å²) >= 11 is 0. The number of amides is 1. The van der Waals surface area contributed by atoms with Crippen LogP contribution in [-0.4, -0.2) is 42.3 Å². The summed E-state index contributed by atoms with van der Waals surface area (Å²) in [5, 5.41) is 2.82. The summed E-state index contributed by atoms with van der Waals surface area (Å²) in [6.07, 6.45) is 0. The van der Waals surface area contributed by atoms with Gasteiger partial charge in [-0.1, -0.05) is 34.6 Å². The summed E-state index contributed by atoms with van der Waals surface area (Å²) in [7, 11) is 0. The summed E-state index contributed by atoms with van der Waals surface area (Å²) < 4.78 is 0. The molecule has 4 heteroatoms. The molecule has 1 atom stereocenters. The number of nitrogens with one attached hydrogen (secondary N) is 1. The van der Waals surface area contributed by atoms with Crippen LogP contribution in [0.5, 0.6) is 0 Å². The van der Waals surface area contributed by atoms with E-state index in [-0.39, 0.29) is 23.7 Å². The third kappa shape index (κ3) is 6.74. The van der Waals surface area contributed by atoms with Crippen LogP contribution in [0.1, 0.15) is 41.5 Å². The van der Waals surface area contributed by atoms with Crippen molar-refractivity contribution < 1.29 is 9.59 Å². The highest BCUT2D eigenvalue weighted by Crippen LogP contribution is 2.03. The molecule has 0 spiro atoms. The van der Waals surface area contributed by atoms with Gasteiger partial charge in [0.05, 0.1) is 12.6 Å². The zero-order valence-corrected chi connectivity index (χ0v) is 12.6. The lowest BCUT2D eigenvalue weighted by molar-refractivity contribution is -0.128. The van der Waals surface area contributed by atoms with Crippen LogP contribution in [0.3, 0.4) is 0 Å². The van der Waals surface area contributed by atoms with Crippen LogP contribution in [0.25, 0.3) is 0 Å². The van der Waals surface area contributed by atoms with Crippen LogP contribution >= 0.6 is 0 Å². The van der Waals surface area contributed by atoms with E-state index in [0.29, 0.717) is 12.5 Å². The van der Waals surface area contributed by atoms with Crippen molar-refractivity contribution in [3.8, 4) is 0 Å². The van der Waals surface area contributed by atoms with Gasteiger partial charge in [-0.3, -0.25) is 14.5 Å². The van der Waals surface area contributed by atoms with Gasteiger partial charge in [-0.2, -0.15) is 0 Å². The fraction of sp³-hybridized carbons (Fsp3) is 0.857. The summed E-state index contributed by atoms with van der Waals surface area (Å²) in [5.41, 5.74) is 0. The number of nitrogens with zero attached hydrogens (tertiary/aromatic N) is 1. The zero-order valence-electron chi connectivity index (χ0n) is 12.6. The number of carbonyl (C=O) groups is 2. The molecule has 0 saturated heterocycles. The minimum absolute atomic E-state index is 0.0188. The minimum atomic E-state index is -0.366. The molecule has 4 nitrogen and oxygen atoms in total. The maximum Gasteiger partial charge on any atom is 0.234 e. The van der Waals surface area contributed by atoms with E-state index in [1.54, 1.807) is 0 Å². The Morgan fingerprint density at radius 2 is 1.72 bits per heavy atom. The van der Waals surface area contributed by atoms with Gasteiger partial charge in [-0.15, -0.1) is 0 Å². The van der Waals surface area contributed by atoms with Crippen LogP contribution < -0.4 is 5.32 Å². The van der Waals surface area contributed by atoms with Gasteiger partial charge in [0.2, 0.25) is 5.91 Å². The second-order valence-electron chi connectivity index (χ2n) is 5.62. The molecule has 18 heavy (non-hydrogen) atoms. The third-order valence-corrected chi connectivity index (χ3v) is 2.86. The molecule has 1 unspecified atom stereocenters. The Hall–Kier alpha value is -0.900. The molecule has 0 aromatic heterocycles. The molecular formula is C14H28N2O2. The minimum Gasteiger partial charge on any atom is -0.345 e. The summed E-state index contributed by atoms with van der Waals surface area (Å²) in [6, 6.07) is -0.366. The Bertz CT molecular complexity index is 275. The maximum atomic E-state index is 11.9. The van der Waals surface area contributed by atoms with Crippen LogP contribution in [-0.2, 0) is 9.59 Å². The van der Waals surface area contributed by atoms with E-state index in [2.05, 4.69) is 24.1 Å². The predicted molar refractivity (Wildman–Crippen MR) is 74.4 cm³/mol. The highest BCUT2D eigenvalue weighted by atomic mass is 16.2. The Balaban J connectivity index is 4.34. The van der Waals surface area contributed by atoms with Crippen molar-refractivity contribution in [2.24, 2.45) is 11.8 Å². The fourth-order valence-electron chi connectivity index (χ4n) is 1.98. The number of hydrogen-bond acceptors (Lipinski definition) is 3. The average molecular weight is 256 g/mol. The maximum absolute atomic E-state index is 11.9. The molecule has 106 valence electrons. The predicted octanol–water partition coefficient (Wildman–Crippen LogP) is 1.69. The van der Waals surface area contributed by atoms with Crippen LogP contribution in [0, 0.1) is 11.8 Å². The molecule has 0 aliphatic carbocycles. The number of ketones is 1. The molecule has 1 amide bonds. The third-order valence-electron chi connectivity index (χ3n) is 2.86. The molecule has 0 rings (SSSR count). The number of hydrogen-bond donors (Lipinski definition) is 1. The van der Waals surface area contributed by atoms with E-state index < -0.39 is 0 Å². The zero-order chi connectivity index (χ0) is 14.3. The average Bonchev–Trinajstić information content (AvgIpc) is 2.23. The Kier molecular flexibility index (Phi) is 7.83. The quantitative estimate of drug-likeness (QED) is 0.719. The Morgan fingerprint density at radius 1 is 1.17 bits per heavy atom. The molecule has 0 aliphatic heterocycles. The molecule has 0 heterocycles. The number of Topliss-reactive ketones (excluding diaryl/α,β-unsaturated/α-hetero) is 1. The Labute approximate surface area is 111 Å². The topological polar surface area (TPSA) is 49.4 Å². The molecule has 0 aliphatic rings. The standard InChI is InChI=1S/C14H28N2O2/c1-7-16(8-10(2)3)9-13(18)15-14(11(4)5)12(6)17/h10-11,14H,7-9H2,1-6H3,(H,15,18). The highest BCUT2D eigenvalue weighted by Gasteiger charge is 2.21. The van der Waals surface area contributed by atoms with E-state index >= 15 is 0 Å². The van der Waals surface area contributed by atoms with Gasteiger partial charge in [0, 0.05) is 6.54 Å². The Morgan fingerprint density at radius 3 is 2.06 bits per heavy atom. The van der Waals surface area contributed by atoms with Crippen LogP contribution in [0.4, 0.5) is 0 Å². The summed E-state index contributed by atoms with van der Waals surface area (Å²) in [4.78, 5) is 25.4. The van der Waals surface area contributed by atoms with Gasteiger partial charge in [-0.25, -0.2) is 0 Å². The van der Waals surface area contributed by atoms with Crippen molar-refractivity contribution in [1.82, 2.24) is 10.2 Å². The smallest absolute Gasteiger partial charge is 0.234 e. The number of rotatable bonds is 8. The van der Waals surface area contributed by atoms with E-state index in [9.17, 15) is 9.59 Å². The number of likely N-dealkylation sites (N-methyl/N-ethyl adjacent to an activating group) is 1. The lowest BCUT2D eigenvalue weighted by atomic mass is 10.0. The van der Waals surface area contributed by atoms with Crippen molar-refractivity contribution in [2.45, 2.75) is 47.6 Å². The second-order valence-corrected chi connectivity index (χ2v) is 5.62. The molecule has 0 aromatic carbocycles. The molecule has 1 N–H and O–H groups in total. The van der Waals surface area contributed by atoms with Gasteiger partial charge in [-0.05, 0) is 25.3 Å². The molecule has 0 aromatic rings. The van der Waals surface area contributed by atoms with E-state index in [0.717, 1.165) is 13.1 Å². The SMILES string of the molecule is CCN(CC(=O)NC(C(C)=O)C(C)C)CC(C)C. The first kappa shape index (κ1) is 17.1. The highest BCUT2D eigenvalue weighted by molar-refractivity contribution is 5.88. The van der Waals surface area contributed by atoms with Crippen LogP contribution in [0.2, 0.25) is 0 Å². The number of carbonyl (C=O) groups excluding carboxylic acids is 2. The first-order chi connectivity index (χ1) is 8.27. The lowest BCUT2D eigenvalue weighted by Crippen LogP contribution is -2.47. The summed E-state index contributed by atoms with van der Waals surface area (Å²) in [6.45, 7) is 13.8. The van der Waals surface area contributed by atoms with E-state index in [1.807, 2.05) is 20.8 Å². The lowest BCUT2D eigenvalue weighted by Gasteiger charge is -2.24. The molecule has 0 saturated carbocycles. The van der Waals surface area contributed by atoms with E-state index in [1.165, 1.54) is 6.92 Å². The fourth-order valence-corrected chi connectivity index (χ4v) is 1.98. The van der Waals surface area contributed by atoms with E-state index in [4.69, 9.17) is 0 Å². The monoisotopic (exact) mass is 256 g/mol. The van der Waals surface area contributed by atoms with Gasteiger partial charge < -0.3 is 5.32 Å². The largest absolute Gasteiger partial charge is 0.345 e. The van der Waals surface area contributed by atoms with Crippen LogP contribution in [0.15, 0.2) is 0 Å². The van der Waals surface area contributed by atoms with Gasteiger partial charge in [0.25, 0.3) is 0 Å². The molecule has 0 bridgehead atoms. The van der Waals surface area contributed by atoms with Crippen molar-refractivity contribution in [3.05, 3.63) is 0 Å². The first-order valence-electron chi connectivity index (χ1n) is 6.80. The van der Waals surface area contributed by atoms with Gasteiger partial charge >= 0.3 is 0 Å². The first-order valence-corrected chi connectivity index (χ1v) is 6.80. The van der Waals surface area contributed by atoms with Gasteiger partial charge in [0.1, 0.15) is 0 Å².